The van der Waals surface area contributed by atoms with E-state index in [9.17, 15) is 4.79 Å². The van der Waals surface area contributed by atoms with E-state index >= 15 is 0 Å². The van der Waals surface area contributed by atoms with E-state index in [1.165, 1.54) is 0 Å². The second kappa shape index (κ2) is 5.33. The topological polar surface area (TPSA) is 60.9 Å². The van der Waals surface area contributed by atoms with Gasteiger partial charge in [0.15, 0.2) is 0 Å². The van der Waals surface area contributed by atoms with E-state index in [1.807, 2.05) is 13.0 Å². The van der Waals surface area contributed by atoms with Gasteiger partial charge in [0.05, 0.1) is 6.33 Å². The molecular weight excluding hydrogens is 250 g/mol. The molecule has 2 rings (SSSR count). The molecule has 1 aromatic heterocycles. The van der Waals surface area contributed by atoms with Gasteiger partial charge in [-0.2, -0.15) is 0 Å². The number of nitrogens with two attached hydrogens (primary N) is 1. The molecule has 2 N–H and O–H groups in total. The van der Waals surface area contributed by atoms with Crippen LogP contribution in [-0.2, 0) is 6.54 Å². The van der Waals surface area contributed by atoms with Crippen LogP contribution >= 0.6 is 11.6 Å². The van der Waals surface area contributed by atoms with Gasteiger partial charge in [-0.15, -0.1) is 0 Å². The van der Waals surface area contributed by atoms with Crippen LogP contribution in [0.4, 0.5) is 0 Å². The summed E-state index contributed by atoms with van der Waals surface area (Å²) in [6.45, 7) is 3.06. The van der Waals surface area contributed by atoms with Crippen LogP contribution in [0.25, 0.3) is 0 Å². The summed E-state index contributed by atoms with van der Waals surface area (Å²) in [6, 6.07) is 5.25. The van der Waals surface area contributed by atoms with E-state index in [1.54, 1.807) is 29.2 Å². The molecule has 0 aliphatic heterocycles. The number of imidazole rings is 1. The lowest BCUT2D eigenvalue weighted by Gasteiger charge is -2.01. The summed E-state index contributed by atoms with van der Waals surface area (Å²) in [5.74, 6) is -0.132. The van der Waals surface area contributed by atoms with Crippen LogP contribution in [0.3, 0.4) is 0 Å². The molecular formula is C13H14ClN3O. The van der Waals surface area contributed by atoms with E-state index in [0.29, 0.717) is 29.4 Å². The van der Waals surface area contributed by atoms with E-state index in [-0.39, 0.29) is 5.78 Å². The minimum atomic E-state index is -0.132. The lowest BCUT2D eigenvalue weighted by atomic mass is 10.1. The van der Waals surface area contributed by atoms with Crippen molar-refractivity contribution in [3.8, 4) is 0 Å². The Morgan fingerprint density at radius 2 is 2.28 bits per heavy atom. The third-order valence-electron chi connectivity index (χ3n) is 2.69. The Kier molecular flexibility index (Phi) is 3.79. The molecule has 0 saturated carbocycles. The molecule has 18 heavy (non-hydrogen) atoms. The van der Waals surface area contributed by atoms with Crippen molar-refractivity contribution in [2.75, 3.05) is 6.54 Å². The van der Waals surface area contributed by atoms with Crippen molar-refractivity contribution >= 4 is 17.4 Å². The fourth-order valence-electron chi connectivity index (χ4n) is 1.63. The van der Waals surface area contributed by atoms with Gasteiger partial charge < -0.3 is 10.3 Å². The Labute approximate surface area is 110 Å². The Balaban J connectivity index is 2.26. The number of halogens is 1. The first-order valence-electron chi connectivity index (χ1n) is 5.64. The third-order valence-corrected chi connectivity index (χ3v) is 3.09. The second-order valence-corrected chi connectivity index (χ2v) is 4.49. The maximum absolute atomic E-state index is 12.2. The summed E-state index contributed by atoms with van der Waals surface area (Å²) < 4.78 is 1.79. The summed E-state index contributed by atoms with van der Waals surface area (Å²) in [5, 5.41) is 0.585. The largest absolute Gasteiger partial charge is 0.335 e. The predicted molar refractivity (Wildman–Crippen MR) is 70.9 cm³/mol. The predicted octanol–water partition coefficient (Wildman–Crippen LogP) is 2.03. The van der Waals surface area contributed by atoms with E-state index < -0.39 is 0 Å². The van der Waals surface area contributed by atoms with Crippen molar-refractivity contribution in [3.05, 3.63) is 52.6 Å². The number of hydrogen-bond acceptors (Lipinski definition) is 3. The first-order valence-corrected chi connectivity index (χ1v) is 6.02. The molecule has 0 amide bonds. The van der Waals surface area contributed by atoms with Crippen LogP contribution in [0.1, 0.15) is 21.6 Å². The van der Waals surface area contributed by atoms with Crippen molar-refractivity contribution in [3.63, 3.8) is 0 Å². The molecule has 1 heterocycles. The van der Waals surface area contributed by atoms with Crippen molar-refractivity contribution in [2.24, 2.45) is 5.73 Å². The molecule has 0 aliphatic rings. The van der Waals surface area contributed by atoms with Crippen LogP contribution < -0.4 is 5.73 Å². The van der Waals surface area contributed by atoms with Gasteiger partial charge in [-0.3, -0.25) is 4.79 Å². The second-order valence-electron chi connectivity index (χ2n) is 4.08. The van der Waals surface area contributed by atoms with Gasteiger partial charge in [-0.1, -0.05) is 23.7 Å². The minimum absolute atomic E-state index is 0.132. The van der Waals surface area contributed by atoms with Gasteiger partial charge in [0, 0.05) is 29.9 Å². The van der Waals surface area contributed by atoms with Crippen LogP contribution in [-0.4, -0.2) is 21.9 Å². The fraction of sp³-hybridized carbons (Fsp3) is 0.231. The Bertz CT molecular complexity index is 577. The summed E-state index contributed by atoms with van der Waals surface area (Å²) in [7, 11) is 0. The fourth-order valence-corrected chi connectivity index (χ4v) is 1.81. The van der Waals surface area contributed by atoms with Gasteiger partial charge in [-0.25, -0.2) is 4.98 Å². The van der Waals surface area contributed by atoms with E-state index in [4.69, 9.17) is 17.3 Å². The molecule has 0 atom stereocenters. The van der Waals surface area contributed by atoms with E-state index in [0.717, 1.165) is 5.56 Å². The molecule has 94 valence electrons. The number of aryl methyl sites for hydroxylation is 1. The third kappa shape index (κ3) is 2.60. The average Bonchev–Trinajstić information content (AvgIpc) is 2.81. The van der Waals surface area contributed by atoms with Crippen molar-refractivity contribution < 1.29 is 4.79 Å². The van der Waals surface area contributed by atoms with E-state index in [2.05, 4.69) is 4.98 Å². The molecule has 0 fully saturated rings. The molecule has 0 spiro atoms. The number of rotatable bonds is 4. The van der Waals surface area contributed by atoms with Crippen LogP contribution in [0, 0.1) is 6.92 Å². The Morgan fingerprint density at radius 3 is 2.94 bits per heavy atom. The first-order chi connectivity index (χ1) is 8.61. The van der Waals surface area contributed by atoms with Crippen LogP contribution in [0.2, 0.25) is 5.02 Å². The highest BCUT2D eigenvalue weighted by Crippen LogP contribution is 2.18. The van der Waals surface area contributed by atoms with Gasteiger partial charge in [0.25, 0.3) is 0 Å². The number of benzene rings is 1. The zero-order valence-electron chi connectivity index (χ0n) is 10.1. The number of nitrogens with zero attached hydrogens (tertiary/aromatic N) is 2. The molecule has 0 radical (unpaired) electrons. The Hall–Kier alpha value is -1.65. The molecule has 5 heteroatoms. The van der Waals surface area contributed by atoms with Crippen molar-refractivity contribution in [1.29, 1.82) is 0 Å². The number of hydrogen-bond donors (Lipinski definition) is 1. The van der Waals surface area contributed by atoms with Crippen LogP contribution in [0.5, 0.6) is 0 Å². The molecule has 0 aliphatic carbocycles. The zero-order chi connectivity index (χ0) is 13.1. The highest BCUT2D eigenvalue weighted by molar-refractivity contribution is 6.31. The standard InChI is InChI=1S/C13H14ClN3O/c1-9-2-3-10(6-11(9)14)13(18)12-7-17(5-4-15)8-16-12/h2-3,6-8H,4-5,15H2,1H3. The zero-order valence-corrected chi connectivity index (χ0v) is 10.8. The van der Waals surface area contributed by atoms with Gasteiger partial charge in [0.1, 0.15) is 5.69 Å². The first kappa shape index (κ1) is 12.8. The molecule has 0 saturated heterocycles. The number of carbonyl (C=O) groups is 1. The lowest BCUT2D eigenvalue weighted by Crippen LogP contribution is -2.08. The smallest absolute Gasteiger partial charge is 0.212 e. The monoisotopic (exact) mass is 263 g/mol. The van der Waals surface area contributed by atoms with Gasteiger partial charge >= 0.3 is 0 Å². The summed E-state index contributed by atoms with van der Waals surface area (Å²) in [4.78, 5) is 16.2. The maximum atomic E-state index is 12.2. The molecule has 1 aromatic carbocycles. The Morgan fingerprint density at radius 1 is 1.50 bits per heavy atom. The van der Waals surface area contributed by atoms with Crippen LogP contribution in [0.15, 0.2) is 30.7 Å². The summed E-state index contributed by atoms with van der Waals surface area (Å²) >= 11 is 6.01. The minimum Gasteiger partial charge on any atom is -0.335 e. The molecule has 0 bridgehead atoms. The summed E-state index contributed by atoms with van der Waals surface area (Å²) in [6.07, 6.45) is 3.30. The highest BCUT2D eigenvalue weighted by atomic mass is 35.5. The SMILES string of the molecule is Cc1ccc(C(=O)c2cn(CCN)cn2)cc1Cl. The maximum Gasteiger partial charge on any atom is 0.212 e. The highest BCUT2D eigenvalue weighted by Gasteiger charge is 2.13. The van der Waals surface area contributed by atoms with Crippen molar-refractivity contribution in [2.45, 2.75) is 13.5 Å². The molecule has 0 unspecified atom stereocenters. The summed E-state index contributed by atoms with van der Waals surface area (Å²) in [5.41, 5.74) is 7.34. The quantitative estimate of drug-likeness (QED) is 0.859. The van der Waals surface area contributed by atoms with Gasteiger partial charge in [-0.05, 0) is 18.6 Å². The van der Waals surface area contributed by atoms with Gasteiger partial charge in [0.2, 0.25) is 5.78 Å². The lowest BCUT2D eigenvalue weighted by molar-refractivity contribution is 0.103. The number of ketones is 1. The normalized spacial score (nSPS) is 10.6. The number of carbonyl (C=O) groups excluding carboxylic acids is 1. The molecule has 4 nitrogen and oxygen atoms in total. The van der Waals surface area contributed by atoms with Crippen molar-refractivity contribution in [1.82, 2.24) is 9.55 Å². The molecule has 2 aromatic rings. The number of aromatic nitrogens is 2. The average molecular weight is 264 g/mol.